The fraction of sp³-hybridized carbons (Fsp3) is 0.364. The van der Waals surface area contributed by atoms with E-state index in [1.807, 2.05) is 0 Å². The van der Waals surface area contributed by atoms with E-state index in [9.17, 15) is 13.6 Å². The van der Waals surface area contributed by atoms with Gasteiger partial charge in [-0.3, -0.25) is 4.79 Å². The molecule has 0 fully saturated rings. The number of carbonyl (C=O) groups excluding carboxylic acids is 1. The van der Waals surface area contributed by atoms with Crippen molar-refractivity contribution in [2.45, 2.75) is 25.8 Å². The number of halogens is 2. The van der Waals surface area contributed by atoms with Gasteiger partial charge in [-0.1, -0.05) is 12.1 Å². The summed E-state index contributed by atoms with van der Waals surface area (Å²) in [6, 6.07) is 5.54. The van der Waals surface area contributed by atoms with E-state index < -0.39 is 24.9 Å². The molecule has 0 aliphatic carbocycles. The molecule has 0 spiro atoms. The van der Waals surface area contributed by atoms with E-state index in [1.54, 1.807) is 18.2 Å². The second-order valence-corrected chi connectivity index (χ2v) is 3.40. The summed E-state index contributed by atoms with van der Waals surface area (Å²) in [6.45, 7) is 1.27. The Morgan fingerprint density at radius 1 is 1.50 bits per heavy atom. The lowest BCUT2D eigenvalue weighted by Crippen LogP contribution is -2.14. The fourth-order valence-corrected chi connectivity index (χ4v) is 1.30. The van der Waals surface area contributed by atoms with Crippen LogP contribution in [0.5, 0.6) is 5.75 Å². The molecule has 0 unspecified atom stereocenters. The third-order valence-electron chi connectivity index (χ3n) is 1.98. The highest BCUT2D eigenvalue weighted by Gasteiger charge is 2.13. The highest BCUT2D eigenvalue weighted by molar-refractivity contribution is 5.69. The Kier molecular flexibility index (Phi) is 4.37. The van der Waals surface area contributed by atoms with Crippen molar-refractivity contribution >= 4 is 5.97 Å². The van der Waals surface area contributed by atoms with Gasteiger partial charge in [-0.25, -0.2) is 8.78 Å². The molecular formula is C11H13F2NO2. The molecule has 0 aliphatic rings. The molecule has 88 valence electrons. The van der Waals surface area contributed by atoms with Gasteiger partial charge in [-0.2, -0.15) is 0 Å². The number of rotatable bonds is 4. The molecule has 0 heterocycles. The highest BCUT2D eigenvalue weighted by atomic mass is 19.3. The second-order valence-electron chi connectivity index (χ2n) is 3.40. The Morgan fingerprint density at radius 3 is 2.75 bits per heavy atom. The van der Waals surface area contributed by atoms with Crippen molar-refractivity contribution in [3.63, 3.8) is 0 Å². The van der Waals surface area contributed by atoms with Crippen LogP contribution in [0.2, 0.25) is 0 Å². The van der Waals surface area contributed by atoms with Crippen molar-refractivity contribution in [1.82, 2.24) is 0 Å². The van der Waals surface area contributed by atoms with Crippen molar-refractivity contribution in [2.75, 3.05) is 0 Å². The van der Waals surface area contributed by atoms with Crippen molar-refractivity contribution in [2.24, 2.45) is 5.73 Å². The summed E-state index contributed by atoms with van der Waals surface area (Å²) in [5.74, 6) is -0.144. The number of hydrogen-bond acceptors (Lipinski definition) is 3. The predicted molar refractivity (Wildman–Crippen MR) is 55.3 cm³/mol. The maximum Gasteiger partial charge on any atom is 0.308 e. The van der Waals surface area contributed by atoms with E-state index in [-0.39, 0.29) is 0 Å². The Morgan fingerprint density at radius 2 is 2.19 bits per heavy atom. The molecular weight excluding hydrogens is 216 g/mol. The van der Waals surface area contributed by atoms with E-state index >= 15 is 0 Å². The molecule has 0 radical (unpaired) electrons. The summed E-state index contributed by atoms with van der Waals surface area (Å²) in [6.07, 6.45) is -2.86. The molecule has 3 nitrogen and oxygen atoms in total. The Balaban J connectivity index is 2.77. The first-order valence-corrected chi connectivity index (χ1v) is 4.81. The molecule has 1 aromatic carbocycles. The molecule has 0 bridgehead atoms. The van der Waals surface area contributed by atoms with Gasteiger partial charge in [0.15, 0.2) is 0 Å². The van der Waals surface area contributed by atoms with Gasteiger partial charge in [0.25, 0.3) is 0 Å². The van der Waals surface area contributed by atoms with Crippen molar-refractivity contribution < 1.29 is 18.3 Å². The average molecular weight is 229 g/mol. The van der Waals surface area contributed by atoms with E-state index in [0.717, 1.165) is 0 Å². The summed E-state index contributed by atoms with van der Waals surface area (Å²) in [5, 5.41) is 0. The first-order chi connectivity index (χ1) is 7.49. The minimum Gasteiger partial charge on any atom is -0.427 e. The first kappa shape index (κ1) is 12.6. The molecule has 5 heteroatoms. The van der Waals surface area contributed by atoms with Crippen LogP contribution in [0.25, 0.3) is 0 Å². The van der Waals surface area contributed by atoms with Gasteiger partial charge < -0.3 is 10.5 Å². The molecule has 0 amide bonds. The molecule has 0 aliphatic heterocycles. The Labute approximate surface area is 92.2 Å². The molecule has 16 heavy (non-hydrogen) atoms. The Bertz CT molecular complexity index is 369. The van der Waals surface area contributed by atoms with Crippen LogP contribution in [-0.2, 0) is 4.79 Å². The summed E-state index contributed by atoms with van der Waals surface area (Å²) in [4.78, 5) is 10.7. The predicted octanol–water partition coefficient (Wildman–Crippen LogP) is 2.27. The maximum absolute atomic E-state index is 12.1. The average Bonchev–Trinajstić information content (AvgIpc) is 2.16. The molecule has 1 aromatic rings. The summed E-state index contributed by atoms with van der Waals surface area (Å²) >= 11 is 0. The lowest BCUT2D eigenvalue weighted by molar-refractivity contribution is -0.131. The lowest BCUT2D eigenvalue weighted by atomic mass is 10.0. The van der Waals surface area contributed by atoms with Crippen molar-refractivity contribution in [3.05, 3.63) is 29.8 Å². The molecule has 1 rings (SSSR count). The number of alkyl halides is 2. The van der Waals surface area contributed by atoms with Gasteiger partial charge in [-0.15, -0.1) is 0 Å². The van der Waals surface area contributed by atoms with E-state index in [4.69, 9.17) is 10.5 Å². The van der Waals surface area contributed by atoms with Crippen molar-refractivity contribution in [3.8, 4) is 5.75 Å². The van der Waals surface area contributed by atoms with Crippen LogP contribution < -0.4 is 10.5 Å². The minimum absolute atomic E-state index is 0.315. The van der Waals surface area contributed by atoms with Gasteiger partial charge in [0.2, 0.25) is 6.43 Å². The van der Waals surface area contributed by atoms with Crippen LogP contribution in [0.3, 0.4) is 0 Å². The van der Waals surface area contributed by atoms with E-state index in [2.05, 4.69) is 0 Å². The van der Waals surface area contributed by atoms with Crippen LogP contribution in [0.15, 0.2) is 24.3 Å². The van der Waals surface area contributed by atoms with Crippen LogP contribution in [0.1, 0.15) is 24.9 Å². The Hall–Kier alpha value is -1.49. The normalized spacial score (nSPS) is 12.6. The first-order valence-electron chi connectivity index (χ1n) is 4.81. The molecule has 0 saturated heterocycles. The zero-order valence-electron chi connectivity index (χ0n) is 8.82. The third kappa shape index (κ3) is 3.94. The molecule has 1 atom stereocenters. The quantitative estimate of drug-likeness (QED) is 0.636. The largest absolute Gasteiger partial charge is 0.427 e. The topological polar surface area (TPSA) is 52.3 Å². The second kappa shape index (κ2) is 5.55. The summed E-state index contributed by atoms with van der Waals surface area (Å²) in [5.41, 5.74) is 6.10. The number of nitrogens with two attached hydrogens (primary N) is 1. The monoisotopic (exact) mass is 229 g/mol. The number of esters is 1. The van der Waals surface area contributed by atoms with E-state index in [1.165, 1.54) is 13.0 Å². The molecule has 0 aromatic heterocycles. The zero-order valence-corrected chi connectivity index (χ0v) is 8.82. The van der Waals surface area contributed by atoms with Gasteiger partial charge in [0, 0.05) is 19.4 Å². The van der Waals surface area contributed by atoms with Gasteiger partial charge in [0.1, 0.15) is 5.75 Å². The van der Waals surface area contributed by atoms with Crippen molar-refractivity contribution in [1.29, 1.82) is 0 Å². The SMILES string of the molecule is CC(=O)Oc1cccc([C@H](N)CC(F)F)c1. The molecule has 0 saturated carbocycles. The number of ether oxygens (including phenoxy) is 1. The standard InChI is InChI=1S/C11H13F2NO2/c1-7(15)16-9-4-2-3-8(5-9)10(14)6-11(12)13/h2-5,10-11H,6,14H2,1H3/t10-/m1/s1. The summed E-state index contributed by atoms with van der Waals surface area (Å²) < 4.78 is 29.1. The fourth-order valence-electron chi connectivity index (χ4n) is 1.30. The summed E-state index contributed by atoms with van der Waals surface area (Å²) in [7, 11) is 0. The third-order valence-corrected chi connectivity index (χ3v) is 1.98. The zero-order chi connectivity index (χ0) is 12.1. The highest BCUT2D eigenvalue weighted by Crippen LogP contribution is 2.22. The van der Waals surface area contributed by atoms with Crippen LogP contribution >= 0.6 is 0 Å². The number of hydrogen-bond donors (Lipinski definition) is 1. The maximum atomic E-state index is 12.1. The van der Waals surface area contributed by atoms with Crippen LogP contribution in [0, 0.1) is 0 Å². The van der Waals surface area contributed by atoms with E-state index in [0.29, 0.717) is 11.3 Å². The van der Waals surface area contributed by atoms with Gasteiger partial charge >= 0.3 is 5.97 Å². The lowest BCUT2D eigenvalue weighted by Gasteiger charge is -2.12. The number of benzene rings is 1. The smallest absolute Gasteiger partial charge is 0.308 e. The van der Waals surface area contributed by atoms with Crippen LogP contribution in [0.4, 0.5) is 8.78 Å². The van der Waals surface area contributed by atoms with Crippen LogP contribution in [-0.4, -0.2) is 12.4 Å². The molecule has 2 N–H and O–H groups in total. The number of carbonyl (C=O) groups is 1. The van der Waals surface area contributed by atoms with Gasteiger partial charge in [-0.05, 0) is 17.7 Å². The minimum atomic E-state index is -2.45. The van der Waals surface area contributed by atoms with Gasteiger partial charge in [0.05, 0.1) is 0 Å².